The number of benzene rings is 2. The highest BCUT2D eigenvalue weighted by atomic mass is 16.3. The van der Waals surface area contributed by atoms with E-state index in [9.17, 15) is 9.90 Å². The molecule has 35 heavy (non-hydrogen) atoms. The molecule has 1 aliphatic rings. The maximum Gasteiger partial charge on any atom is 0.251 e. The summed E-state index contributed by atoms with van der Waals surface area (Å²) in [5.74, 6) is 0.452. The molecule has 0 aliphatic heterocycles. The third-order valence-corrected chi connectivity index (χ3v) is 5.83. The number of anilines is 2. The van der Waals surface area contributed by atoms with Crippen molar-refractivity contribution in [2.75, 3.05) is 11.9 Å². The van der Waals surface area contributed by atoms with Gasteiger partial charge in [0.15, 0.2) is 5.65 Å². The number of amides is 1. The zero-order valence-corrected chi connectivity index (χ0v) is 20.0. The quantitative estimate of drug-likeness (QED) is 0.296. The lowest BCUT2D eigenvalue weighted by Gasteiger charge is -2.17. The lowest BCUT2D eigenvalue weighted by atomic mass is 10.0. The Morgan fingerprint density at radius 1 is 1.09 bits per heavy atom. The van der Waals surface area contributed by atoms with Crippen LogP contribution in [-0.4, -0.2) is 43.8 Å². The summed E-state index contributed by atoms with van der Waals surface area (Å²) >= 11 is 0. The Hall–Kier alpha value is -3.75. The van der Waals surface area contributed by atoms with Gasteiger partial charge in [-0.3, -0.25) is 4.79 Å². The van der Waals surface area contributed by atoms with Crippen LogP contribution < -0.4 is 16.0 Å². The van der Waals surface area contributed by atoms with Gasteiger partial charge >= 0.3 is 0 Å². The van der Waals surface area contributed by atoms with Gasteiger partial charge in [0.05, 0.1) is 5.60 Å². The standard InChI is InChI=1S/C27H30N6O2/c1-27(2,35)17-28-16-18-5-7-19(8-6-18)23-4-3-15-33-24(23)31-26(32-33)30-22-11-9-20(10-12-22)25(34)29-21-13-14-21/h3-12,15,21,28,35H,13-14,16-17H2,1-2H3,(H,29,34)(H,30,32). The maximum atomic E-state index is 12.2. The second kappa shape index (κ2) is 9.48. The molecule has 0 radical (unpaired) electrons. The van der Waals surface area contributed by atoms with Crippen molar-refractivity contribution in [3.05, 3.63) is 78.0 Å². The summed E-state index contributed by atoms with van der Waals surface area (Å²) in [6, 6.07) is 19.9. The number of rotatable bonds is 9. The van der Waals surface area contributed by atoms with Gasteiger partial charge < -0.3 is 21.1 Å². The number of aromatic nitrogens is 3. The molecule has 2 aromatic heterocycles. The van der Waals surface area contributed by atoms with Crippen molar-refractivity contribution >= 4 is 23.2 Å². The summed E-state index contributed by atoms with van der Waals surface area (Å²) in [5, 5.41) is 23.9. The number of pyridine rings is 1. The third-order valence-electron chi connectivity index (χ3n) is 5.83. The highest BCUT2D eigenvalue weighted by molar-refractivity contribution is 5.95. The summed E-state index contributed by atoms with van der Waals surface area (Å²) in [7, 11) is 0. The Morgan fingerprint density at radius 2 is 1.83 bits per heavy atom. The fourth-order valence-corrected chi connectivity index (χ4v) is 3.83. The zero-order valence-electron chi connectivity index (χ0n) is 20.0. The van der Waals surface area contributed by atoms with Crippen molar-refractivity contribution in [3.8, 4) is 11.1 Å². The molecule has 1 aliphatic carbocycles. The lowest BCUT2D eigenvalue weighted by molar-refractivity contribution is 0.0795. The molecule has 5 rings (SSSR count). The first kappa shape index (κ1) is 23.0. The van der Waals surface area contributed by atoms with Gasteiger partial charge in [-0.15, -0.1) is 5.10 Å². The molecule has 8 nitrogen and oxygen atoms in total. The number of nitrogens with zero attached hydrogens (tertiary/aromatic N) is 3. The summed E-state index contributed by atoms with van der Waals surface area (Å²) in [6.45, 7) is 4.79. The number of fused-ring (bicyclic) bond motifs is 1. The minimum absolute atomic E-state index is 0.0337. The van der Waals surface area contributed by atoms with Gasteiger partial charge in [-0.2, -0.15) is 4.98 Å². The van der Waals surface area contributed by atoms with Crippen molar-refractivity contribution in [2.45, 2.75) is 44.9 Å². The molecule has 1 amide bonds. The molecule has 2 heterocycles. The average molecular weight is 471 g/mol. The van der Waals surface area contributed by atoms with Crippen LogP contribution in [0.25, 0.3) is 16.8 Å². The first-order valence-electron chi connectivity index (χ1n) is 11.9. The van der Waals surface area contributed by atoms with E-state index in [0.717, 1.165) is 40.9 Å². The fourth-order valence-electron chi connectivity index (χ4n) is 3.83. The minimum Gasteiger partial charge on any atom is -0.389 e. The van der Waals surface area contributed by atoms with E-state index in [-0.39, 0.29) is 5.91 Å². The van der Waals surface area contributed by atoms with Crippen molar-refractivity contribution in [3.63, 3.8) is 0 Å². The van der Waals surface area contributed by atoms with Crippen LogP contribution in [-0.2, 0) is 6.54 Å². The Bertz CT molecular complexity index is 1320. The lowest BCUT2D eigenvalue weighted by Crippen LogP contribution is -2.34. The van der Waals surface area contributed by atoms with E-state index in [1.54, 1.807) is 30.5 Å². The monoisotopic (exact) mass is 470 g/mol. The van der Waals surface area contributed by atoms with Crippen LogP contribution in [0.5, 0.6) is 0 Å². The largest absolute Gasteiger partial charge is 0.389 e. The minimum atomic E-state index is -0.734. The summed E-state index contributed by atoms with van der Waals surface area (Å²) in [6.07, 6.45) is 4.01. The van der Waals surface area contributed by atoms with Crippen molar-refractivity contribution in [1.82, 2.24) is 25.2 Å². The highest BCUT2D eigenvalue weighted by Gasteiger charge is 2.23. The van der Waals surface area contributed by atoms with Crippen LogP contribution in [0.2, 0.25) is 0 Å². The first-order chi connectivity index (χ1) is 16.8. The topological polar surface area (TPSA) is 104 Å². The van der Waals surface area contributed by atoms with Crippen LogP contribution >= 0.6 is 0 Å². The predicted octanol–water partition coefficient (Wildman–Crippen LogP) is 3.89. The number of aliphatic hydroxyl groups is 1. The van der Waals surface area contributed by atoms with E-state index >= 15 is 0 Å². The highest BCUT2D eigenvalue weighted by Crippen LogP contribution is 2.26. The molecule has 180 valence electrons. The third kappa shape index (κ3) is 5.85. The molecule has 0 spiro atoms. The molecule has 0 atom stereocenters. The molecule has 0 bridgehead atoms. The molecule has 1 saturated carbocycles. The van der Waals surface area contributed by atoms with Crippen molar-refractivity contribution < 1.29 is 9.90 Å². The summed E-state index contributed by atoms with van der Waals surface area (Å²) in [4.78, 5) is 16.9. The van der Waals surface area contributed by atoms with Gasteiger partial charge in [0.1, 0.15) is 0 Å². The second-order valence-electron chi connectivity index (χ2n) is 9.69. The van der Waals surface area contributed by atoms with E-state index in [4.69, 9.17) is 4.98 Å². The van der Waals surface area contributed by atoms with Crippen molar-refractivity contribution in [2.24, 2.45) is 0 Å². The van der Waals surface area contributed by atoms with Gasteiger partial charge in [0.25, 0.3) is 5.91 Å². The van der Waals surface area contributed by atoms with Crippen LogP contribution in [0.1, 0.15) is 42.6 Å². The number of nitrogens with one attached hydrogen (secondary N) is 3. The van der Waals surface area contributed by atoms with Gasteiger partial charge in [0, 0.05) is 42.1 Å². The molecule has 1 fully saturated rings. The number of hydrogen-bond donors (Lipinski definition) is 4. The molecular weight excluding hydrogens is 440 g/mol. The van der Waals surface area contributed by atoms with Crippen molar-refractivity contribution in [1.29, 1.82) is 0 Å². The summed E-state index contributed by atoms with van der Waals surface area (Å²) in [5.41, 5.74) is 4.65. The summed E-state index contributed by atoms with van der Waals surface area (Å²) < 4.78 is 1.76. The molecule has 4 aromatic rings. The van der Waals surface area contributed by atoms with E-state index in [2.05, 4.69) is 45.3 Å². The molecule has 4 N–H and O–H groups in total. The van der Waals surface area contributed by atoms with Gasteiger partial charge in [0.2, 0.25) is 5.95 Å². The molecular formula is C27H30N6O2. The first-order valence-corrected chi connectivity index (χ1v) is 11.9. The SMILES string of the molecule is CC(C)(O)CNCc1ccc(-c2cccn3nc(Nc4ccc(C(=O)NC5CC5)cc4)nc23)cc1. The number of carbonyl (C=O) groups excluding carboxylic acids is 1. The molecule has 0 unspecified atom stereocenters. The van der Waals surface area contributed by atoms with E-state index in [0.29, 0.717) is 30.6 Å². The van der Waals surface area contributed by atoms with Gasteiger partial charge in [-0.05, 0) is 74.2 Å². The second-order valence-corrected chi connectivity index (χ2v) is 9.69. The average Bonchev–Trinajstić information content (AvgIpc) is 3.55. The van der Waals surface area contributed by atoms with E-state index in [1.807, 2.05) is 30.5 Å². The van der Waals surface area contributed by atoms with Crippen LogP contribution in [0.15, 0.2) is 66.9 Å². The van der Waals surface area contributed by atoms with Crippen LogP contribution in [0.4, 0.5) is 11.6 Å². The Morgan fingerprint density at radius 3 is 2.51 bits per heavy atom. The molecule has 2 aromatic carbocycles. The number of carbonyl (C=O) groups is 1. The molecule has 8 heteroatoms. The molecule has 0 saturated heterocycles. The Balaban J connectivity index is 1.29. The smallest absolute Gasteiger partial charge is 0.251 e. The van der Waals surface area contributed by atoms with E-state index < -0.39 is 5.60 Å². The fraction of sp³-hybridized carbons (Fsp3) is 0.296. The van der Waals surface area contributed by atoms with Crippen LogP contribution in [0.3, 0.4) is 0 Å². The van der Waals surface area contributed by atoms with Gasteiger partial charge in [-0.25, -0.2) is 4.52 Å². The van der Waals surface area contributed by atoms with Crippen LogP contribution in [0, 0.1) is 0 Å². The predicted molar refractivity (Wildman–Crippen MR) is 137 cm³/mol. The Labute approximate surface area is 204 Å². The van der Waals surface area contributed by atoms with Gasteiger partial charge in [-0.1, -0.05) is 24.3 Å². The number of hydrogen-bond acceptors (Lipinski definition) is 6. The van der Waals surface area contributed by atoms with E-state index in [1.165, 1.54) is 0 Å². The normalized spacial score (nSPS) is 13.7. The maximum absolute atomic E-state index is 12.2. The Kier molecular flexibility index (Phi) is 6.23. The zero-order chi connectivity index (χ0) is 24.4.